The predicted octanol–water partition coefficient (Wildman–Crippen LogP) is -2.29. The van der Waals surface area contributed by atoms with Crippen LogP contribution in [-0.2, 0) is 19.2 Å². The second-order valence-corrected chi connectivity index (χ2v) is 7.89. The van der Waals surface area contributed by atoms with Crippen molar-refractivity contribution < 1.29 is 24.3 Å². The maximum atomic E-state index is 12.7. The van der Waals surface area contributed by atoms with Crippen LogP contribution in [0.25, 0.3) is 0 Å². The van der Waals surface area contributed by atoms with E-state index < -0.39 is 41.8 Å². The molecule has 13 nitrogen and oxygen atoms in total. The molecule has 0 saturated carbocycles. The lowest BCUT2D eigenvalue weighted by molar-refractivity contribution is -0.143. The van der Waals surface area contributed by atoms with Crippen LogP contribution in [0.1, 0.15) is 52.4 Å². The topological polar surface area (TPSA) is 241 Å². The van der Waals surface area contributed by atoms with E-state index in [2.05, 4.69) is 20.9 Å². The third kappa shape index (κ3) is 13.3. The summed E-state index contributed by atoms with van der Waals surface area (Å²) >= 11 is 0. The van der Waals surface area contributed by atoms with Crippen molar-refractivity contribution in [3.8, 4) is 0 Å². The number of nitrogens with zero attached hydrogens (tertiary/aromatic N) is 1. The highest BCUT2D eigenvalue weighted by Crippen LogP contribution is 2.09. The number of nitrogens with one attached hydrogen (secondary N) is 3. The Bertz CT molecular complexity index is 669. The molecule has 4 unspecified atom stereocenters. The van der Waals surface area contributed by atoms with Crippen molar-refractivity contribution in [1.29, 1.82) is 0 Å². The normalized spacial score (nSPS) is 14.3. The van der Waals surface area contributed by atoms with Crippen molar-refractivity contribution in [3.63, 3.8) is 0 Å². The van der Waals surface area contributed by atoms with E-state index in [1.165, 1.54) is 0 Å². The maximum Gasteiger partial charge on any atom is 0.326 e. The molecular formula is C20H40N8O5. The summed E-state index contributed by atoms with van der Waals surface area (Å²) < 4.78 is 0. The van der Waals surface area contributed by atoms with E-state index in [9.17, 15) is 24.3 Å². The summed E-state index contributed by atoms with van der Waals surface area (Å²) in [5.41, 5.74) is 21.8. The first-order chi connectivity index (χ1) is 15.5. The van der Waals surface area contributed by atoms with Crippen LogP contribution in [0.5, 0.6) is 0 Å². The zero-order valence-corrected chi connectivity index (χ0v) is 19.5. The third-order valence-electron chi connectivity index (χ3n) is 5.10. The highest BCUT2D eigenvalue weighted by molar-refractivity contribution is 5.92. The first-order valence-corrected chi connectivity index (χ1v) is 11.1. The van der Waals surface area contributed by atoms with Crippen molar-refractivity contribution >= 4 is 29.7 Å². The summed E-state index contributed by atoms with van der Waals surface area (Å²) in [6.45, 7) is 3.87. The zero-order valence-electron chi connectivity index (χ0n) is 19.5. The number of carboxylic acids is 1. The van der Waals surface area contributed by atoms with Gasteiger partial charge in [0.1, 0.15) is 12.1 Å². The van der Waals surface area contributed by atoms with Crippen LogP contribution in [0.4, 0.5) is 0 Å². The van der Waals surface area contributed by atoms with Crippen LogP contribution in [0.15, 0.2) is 4.99 Å². The number of unbranched alkanes of at least 4 members (excludes halogenated alkanes) is 1. The summed E-state index contributed by atoms with van der Waals surface area (Å²) in [5.74, 6) is -3.34. The molecule has 13 heteroatoms. The number of guanidine groups is 1. The van der Waals surface area contributed by atoms with Gasteiger partial charge < -0.3 is 44.0 Å². The van der Waals surface area contributed by atoms with Gasteiger partial charge in [-0.15, -0.1) is 0 Å². The molecule has 12 N–H and O–H groups in total. The number of carbonyl (C=O) groups excluding carboxylic acids is 3. The molecule has 0 heterocycles. The highest BCUT2D eigenvalue weighted by atomic mass is 16.4. The van der Waals surface area contributed by atoms with Crippen molar-refractivity contribution in [1.82, 2.24) is 16.0 Å². The molecular weight excluding hydrogens is 432 g/mol. The van der Waals surface area contributed by atoms with E-state index in [0.717, 1.165) is 6.42 Å². The van der Waals surface area contributed by atoms with Crippen LogP contribution in [0.2, 0.25) is 0 Å². The van der Waals surface area contributed by atoms with Crippen LogP contribution >= 0.6 is 0 Å². The van der Waals surface area contributed by atoms with Gasteiger partial charge in [-0.3, -0.25) is 19.4 Å². The molecule has 0 aromatic heterocycles. The van der Waals surface area contributed by atoms with Gasteiger partial charge in [-0.2, -0.15) is 0 Å². The standard InChI is InChI=1S/C20H40N8O5/c1-3-12(2)16(19(32)33)28-18(31)14(8-6-10-25-20(23)24)27-15(29)11-26-17(30)13(22)7-4-5-9-21/h12-14,16H,3-11,21-22H2,1-2H3,(H,26,30)(H,27,29)(H,28,31)(H,32,33)(H4,23,24,25). The van der Waals surface area contributed by atoms with Crippen LogP contribution in [0, 0.1) is 5.92 Å². The fraction of sp³-hybridized carbons (Fsp3) is 0.750. The first-order valence-electron chi connectivity index (χ1n) is 11.1. The Labute approximate surface area is 194 Å². The number of amides is 3. The second-order valence-electron chi connectivity index (χ2n) is 7.89. The number of hydrogen-bond donors (Lipinski definition) is 8. The summed E-state index contributed by atoms with van der Waals surface area (Å²) in [5, 5.41) is 16.9. The molecule has 0 aromatic rings. The van der Waals surface area contributed by atoms with Crippen molar-refractivity contribution in [2.24, 2.45) is 33.8 Å². The molecule has 0 aromatic carbocycles. The van der Waals surface area contributed by atoms with Gasteiger partial charge in [-0.25, -0.2) is 4.79 Å². The van der Waals surface area contributed by atoms with Crippen molar-refractivity contribution in [2.45, 2.75) is 70.5 Å². The molecule has 0 fully saturated rings. The number of hydrogen-bond acceptors (Lipinski definition) is 7. The zero-order chi connectivity index (χ0) is 25.4. The van der Waals surface area contributed by atoms with E-state index in [0.29, 0.717) is 32.2 Å². The van der Waals surface area contributed by atoms with Gasteiger partial charge >= 0.3 is 5.97 Å². The lowest BCUT2D eigenvalue weighted by Gasteiger charge is -2.24. The van der Waals surface area contributed by atoms with Gasteiger partial charge in [0.2, 0.25) is 17.7 Å². The molecule has 33 heavy (non-hydrogen) atoms. The molecule has 0 radical (unpaired) electrons. The SMILES string of the molecule is CCC(C)C(NC(=O)C(CCCN=C(N)N)NC(=O)CNC(=O)C(N)CCCCN)C(=O)O. The monoisotopic (exact) mass is 472 g/mol. The fourth-order valence-electron chi connectivity index (χ4n) is 2.89. The summed E-state index contributed by atoms with van der Waals surface area (Å²) in [6.07, 6.45) is 2.93. The van der Waals surface area contributed by atoms with Gasteiger partial charge in [0, 0.05) is 6.54 Å². The molecule has 0 aliphatic carbocycles. The Balaban J connectivity index is 5.01. The number of rotatable bonds is 17. The lowest BCUT2D eigenvalue weighted by Crippen LogP contribution is -2.55. The van der Waals surface area contributed by atoms with Gasteiger partial charge in [0.25, 0.3) is 0 Å². The molecule has 0 aliphatic heterocycles. The van der Waals surface area contributed by atoms with Gasteiger partial charge in [-0.05, 0) is 38.1 Å². The second kappa shape index (κ2) is 16.7. The average Bonchev–Trinajstić information content (AvgIpc) is 2.76. The number of aliphatic imine (C=N–C) groups is 1. The Morgan fingerprint density at radius 1 is 1.00 bits per heavy atom. The van der Waals surface area contributed by atoms with Crippen molar-refractivity contribution in [2.75, 3.05) is 19.6 Å². The van der Waals surface area contributed by atoms with Crippen molar-refractivity contribution in [3.05, 3.63) is 0 Å². The molecule has 0 rings (SSSR count). The highest BCUT2D eigenvalue weighted by Gasteiger charge is 2.29. The van der Waals surface area contributed by atoms with E-state index in [1.54, 1.807) is 6.92 Å². The minimum atomic E-state index is -1.17. The Hall–Kier alpha value is -2.93. The molecule has 4 atom stereocenters. The lowest BCUT2D eigenvalue weighted by atomic mass is 9.98. The number of carbonyl (C=O) groups is 4. The van der Waals surface area contributed by atoms with E-state index in [1.807, 2.05) is 6.92 Å². The van der Waals surface area contributed by atoms with Gasteiger partial charge in [0.15, 0.2) is 5.96 Å². The predicted molar refractivity (Wildman–Crippen MR) is 125 cm³/mol. The average molecular weight is 473 g/mol. The minimum Gasteiger partial charge on any atom is -0.480 e. The maximum absolute atomic E-state index is 12.7. The van der Waals surface area contributed by atoms with Crippen LogP contribution in [-0.4, -0.2) is 72.5 Å². The molecule has 0 spiro atoms. The van der Waals surface area contributed by atoms with E-state index in [4.69, 9.17) is 22.9 Å². The third-order valence-corrected chi connectivity index (χ3v) is 5.10. The fourth-order valence-corrected chi connectivity index (χ4v) is 2.89. The Kier molecular flexibility index (Phi) is 15.2. The van der Waals surface area contributed by atoms with Gasteiger partial charge in [0.05, 0.1) is 12.6 Å². The van der Waals surface area contributed by atoms with Gasteiger partial charge in [-0.1, -0.05) is 26.7 Å². The molecule has 190 valence electrons. The quantitative estimate of drug-likeness (QED) is 0.0644. The molecule has 0 aliphatic rings. The van der Waals surface area contributed by atoms with Crippen LogP contribution < -0.4 is 38.9 Å². The largest absolute Gasteiger partial charge is 0.480 e. The summed E-state index contributed by atoms with van der Waals surface area (Å²) in [7, 11) is 0. The molecule has 3 amide bonds. The minimum absolute atomic E-state index is 0.103. The molecule has 0 bridgehead atoms. The summed E-state index contributed by atoms with van der Waals surface area (Å²) in [6, 6.07) is -2.91. The van der Waals surface area contributed by atoms with E-state index in [-0.39, 0.29) is 31.4 Å². The van der Waals surface area contributed by atoms with E-state index >= 15 is 0 Å². The first kappa shape index (κ1) is 30.1. The summed E-state index contributed by atoms with van der Waals surface area (Å²) in [4.78, 5) is 52.5. The number of nitrogens with two attached hydrogens (primary N) is 4. The number of aliphatic carboxylic acids is 1. The molecule has 0 saturated heterocycles. The Morgan fingerprint density at radius 2 is 1.67 bits per heavy atom. The smallest absolute Gasteiger partial charge is 0.326 e. The Morgan fingerprint density at radius 3 is 2.21 bits per heavy atom. The number of carboxylic acid groups (broad SMARTS) is 1. The van der Waals surface area contributed by atoms with Crippen LogP contribution in [0.3, 0.4) is 0 Å².